The van der Waals surface area contributed by atoms with Crippen LogP contribution in [0.4, 0.5) is 0 Å². The molecule has 2 atom stereocenters. The van der Waals surface area contributed by atoms with E-state index in [9.17, 15) is 9.59 Å². The molecule has 0 unspecified atom stereocenters. The highest BCUT2D eigenvalue weighted by Gasteiger charge is 2.24. The van der Waals surface area contributed by atoms with E-state index in [2.05, 4.69) is 69.9 Å². The highest BCUT2D eigenvalue weighted by molar-refractivity contribution is 9.09. The van der Waals surface area contributed by atoms with E-state index in [1.807, 2.05) is 0 Å². The fourth-order valence-corrected chi connectivity index (χ4v) is 2.68. The van der Waals surface area contributed by atoms with Crippen molar-refractivity contribution in [1.29, 1.82) is 0 Å². The van der Waals surface area contributed by atoms with Gasteiger partial charge in [-0.05, 0) is 47.6 Å². The summed E-state index contributed by atoms with van der Waals surface area (Å²) in [5, 5.41) is 3.57. The molecule has 2 aliphatic heterocycles. The maximum Gasteiger partial charge on any atom is 0.231 e. The van der Waals surface area contributed by atoms with Crippen LogP contribution < -0.4 is 16.8 Å². The summed E-state index contributed by atoms with van der Waals surface area (Å²) in [5.41, 5.74) is 9.71. The zero-order valence-corrected chi connectivity index (χ0v) is 17.6. The summed E-state index contributed by atoms with van der Waals surface area (Å²) in [7, 11) is 8.41. The number of carbonyl (C=O) groups is 2. The molecule has 148 valence electrons. The molecular weight excluding hydrogens is 388 g/mol. The summed E-state index contributed by atoms with van der Waals surface area (Å²) in [6.45, 7) is 4.74. The van der Waals surface area contributed by atoms with Gasteiger partial charge in [0.05, 0.1) is 11.9 Å². The van der Waals surface area contributed by atoms with E-state index in [1.165, 1.54) is 19.5 Å². The van der Waals surface area contributed by atoms with Crippen LogP contribution in [0.3, 0.4) is 0 Å². The van der Waals surface area contributed by atoms with Crippen LogP contribution in [0.25, 0.3) is 0 Å². The van der Waals surface area contributed by atoms with Gasteiger partial charge in [0.1, 0.15) is 0 Å². The molecular formula is C16H35BrN6O2. The van der Waals surface area contributed by atoms with Crippen molar-refractivity contribution in [3.8, 4) is 0 Å². The van der Waals surface area contributed by atoms with Crippen molar-refractivity contribution in [2.24, 2.45) is 11.5 Å². The Morgan fingerprint density at radius 3 is 1.92 bits per heavy atom. The van der Waals surface area contributed by atoms with Crippen LogP contribution in [0.2, 0.25) is 0 Å². The summed E-state index contributed by atoms with van der Waals surface area (Å²) >= 11 is 2.84. The third-order valence-electron chi connectivity index (χ3n) is 4.25. The van der Waals surface area contributed by atoms with Crippen molar-refractivity contribution in [2.75, 3.05) is 66.2 Å². The Morgan fingerprint density at radius 2 is 1.64 bits per heavy atom. The topological polar surface area (TPSA) is 108 Å². The fraction of sp³-hybridized carbons (Fsp3) is 0.875. The predicted octanol–water partition coefficient (Wildman–Crippen LogP) is -1.12. The van der Waals surface area contributed by atoms with E-state index in [-0.39, 0.29) is 17.1 Å². The fourth-order valence-electron chi connectivity index (χ4n) is 2.68. The number of nitrogens with one attached hydrogen (secondary N) is 1. The summed E-state index contributed by atoms with van der Waals surface area (Å²) in [6.07, 6.45) is 2.45. The quantitative estimate of drug-likeness (QED) is 0.484. The lowest BCUT2D eigenvalue weighted by molar-refractivity contribution is -0.119. The highest BCUT2D eigenvalue weighted by Crippen LogP contribution is 2.11. The molecule has 0 radical (unpaired) electrons. The van der Waals surface area contributed by atoms with Gasteiger partial charge in [0.25, 0.3) is 0 Å². The first-order valence-electron chi connectivity index (χ1n) is 8.55. The molecule has 2 saturated heterocycles. The molecule has 8 nitrogen and oxygen atoms in total. The zero-order chi connectivity index (χ0) is 19.4. The molecule has 0 bridgehead atoms. The van der Waals surface area contributed by atoms with Crippen LogP contribution in [0, 0.1) is 0 Å². The summed E-state index contributed by atoms with van der Waals surface area (Å²) < 4.78 is 0. The second-order valence-corrected chi connectivity index (χ2v) is 7.38. The number of amides is 2. The van der Waals surface area contributed by atoms with E-state index >= 15 is 0 Å². The number of rotatable bonds is 5. The Balaban J connectivity index is 0.000000382. The van der Waals surface area contributed by atoms with Crippen molar-refractivity contribution in [3.63, 3.8) is 0 Å². The second-order valence-electron chi connectivity index (χ2n) is 6.82. The number of likely N-dealkylation sites (tertiary alicyclic amines) is 1. The minimum atomic E-state index is -0.329. The number of hydrogen-bond acceptors (Lipinski definition) is 6. The average molecular weight is 423 g/mol. The Labute approximate surface area is 160 Å². The normalized spacial score (nSPS) is 23.0. The highest BCUT2D eigenvalue weighted by atomic mass is 79.9. The lowest BCUT2D eigenvalue weighted by Crippen LogP contribution is -2.35. The lowest BCUT2D eigenvalue weighted by atomic mass is 10.2. The van der Waals surface area contributed by atoms with Crippen LogP contribution in [0.1, 0.15) is 12.8 Å². The SMILES string of the molecule is CN(C)[C@H]1CCN(CC(N)=O)C1.CN(C)[C@H]1CCNC1.NC(=O)CBr. The minimum absolute atomic E-state index is 0.227. The zero-order valence-electron chi connectivity index (χ0n) is 16.0. The Morgan fingerprint density at radius 1 is 1.08 bits per heavy atom. The molecule has 0 aliphatic carbocycles. The van der Waals surface area contributed by atoms with Gasteiger partial charge in [0, 0.05) is 31.7 Å². The monoisotopic (exact) mass is 422 g/mol. The van der Waals surface area contributed by atoms with Crippen LogP contribution in [0.5, 0.6) is 0 Å². The molecule has 25 heavy (non-hydrogen) atoms. The Bertz CT molecular complexity index is 389. The second kappa shape index (κ2) is 13.5. The van der Waals surface area contributed by atoms with Crippen molar-refractivity contribution >= 4 is 27.7 Å². The van der Waals surface area contributed by atoms with Crippen LogP contribution >= 0.6 is 15.9 Å². The molecule has 0 saturated carbocycles. The van der Waals surface area contributed by atoms with E-state index < -0.39 is 0 Å². The molecule has 0 aromatic heterocycles. The minimum Gasteiger partial charge on any atom is -0.369 e. The molecule has 2 fully saturated rings. The van der Waals surface area contributed by atoms with Gasteiger partial charge in [-0.1, -0.05) is 15.9 Å². The van der Waals surface area contributed by atoms with Gasteiger partial charge in [0.2, 0.25) is 11.8 Å². The number of nitrogens with two attached hydrogens (primary N) is 2. The third kappa shape index (κ3) is 12.3. The van der Waals surface area contributed by atoms with Crippen LogP contribution in [-0.2, 0) is 9.59 Å². The Hall–Kier alpha value is -0.740. The van der Waals surface area contributed by atoms with Crippen molar-refractivity contribution < 1.29 is 9.59 Å². The summed E-state index contributed by atoms with van der Waals surface area (Å²) in [4.78, 5) is 26.7. The first kappa shape index (κ1) is 24.3. The molecule has 2 heterocycles. The number of halogens is 1. The van der Waals surface area contributed by atoms with Crippen LogP contribution in [-0.4, -0.2) is 105 Å². The number of primary amides is 2. The van der Waals surface area contributed by atoms with Crippen molar-refractivity contribution in [1.82, 2.24) is 20.0 Å². The predicted molar refractivity (Wildman–Crippen MR) is 106 cm³/mol. The maximum atomic E-state index is 10.6. The first-order chi connectivity index (χ1) is 11.7. The van der Waals surface area contributed by atoms with Crippen molar-refractivity contribution in [3.05, 3.63) is 0 Å². The summed E-state index contributed by atoms with van der Waals surface area (Å²) in [6, 6.07) is 1.37. The smallest absolute Gasteiger partial charge is 0.231 e. The number of hydrogen-bond donors (Lipinski definition) is 3. The van der Waals surface area contributed by atoms with Gasteiger partial charge in [-0.25, -0.2) is 0 Å². The largest absolute Gasteiger partial charge is 0.369 e. The van der Waals surface area contributed by atoms with Gasteiger partial charge in [-0.3, -0.25) is 14.5 Å². The standard InChI is InChI=1S/C8H17N3O.C6H14N2.C2H4BrNO/c1-10(2)7-3-4-11(5-7)6-8(9)12;1-8(2)6-3-4-7-5-6;3-1-2(4)5/h7H,3-6H2,1-2H3,(H2,9,12);6-7H,3-5H2,1-2H3;1H2,(H2,4,5)/t7-;6-;/m00./s1. The van der Waals surface area contributed by atoms with E-state index in [1.54, 1.807) is 0 Å². The number of likely N-dealkylation sites (N-methyl/N-ethyl adjacent to an activating group) is 2. The molecule has 5 N–H and O–H groups in total. The maximum absolute atomic E-state index is 10.6. The van der Waals surface area contributed by atoms with Gasteiger partial charge < -0.3 is 26.6 Å². The molecule has 2 rings (SSSR count). The Kier molecular flexibility index (Phi) is 13.1. The molecule has 0 aromatic rings. The lowest BCUT2D eigenvalue weighted by Gasteiger charge is -2.19. The number of alkyl halides is 1. The van der Waals surface area contributed by atoms with E-state index in [0.717, 1.165) is 25.6 Å². The molecule has 9 heteroatoms. The van der Waals surface area contributed by atoms with Gasteiger partial charge >= 0.3 is 0 Å². The first-order valence-corrected chi connectivity index (χ1v) is 9.68. The van der Waals surface area contributed by atoms with Crippen molar-refractivity contribution in [2.45, 2.75) is 24.9 Å². The van der Waals surface area contributed by atoms with Gasteiger partial charge in [-0.15, -0.1) is 0 Å². The van der Waals surface area contributed by atoms with Gasteiger partial charge in [-0.2, -0.15) is 0 Å². The number of carbonyl (C=O) groups excluding carboxylic acids is 2. The third-order valence-corrected chi connectivity index (χ3v) is 4.81. The molecule has 0 spiro atoms. The van der Waals surface area contributed by atoms with E-state index in [0.29, 0.717) is 12.6 Å². The molecule has 2 aliphatic rings. The summed E-state index contributed by atoms with van der Waals surface area (Å²) in [5.74, 6) is -0.556. The number of nitrogens with zero attached hydrogens (tertiary/aromatic N) is 3. The average Bonchev–Trinajstić information content (AvgIpc) is 3.19. The van der Waals surface area contributed by atoms with E-state index in [4.69, 9.17) is 5.73 Å². The molecule has 2 amide bonds. The van der Waals surface area contributed by atoms with Gasteiger partial charge in [0.15, 0.2) is 0 Å². The molecule has 0 aromatic carbocycles. The van der Waals surface area contributed by atoms with Crippen LogP contribution in [0.15, 0.2) is 0 Å².